The number of anilines is 1. The minimum absolute atomic E-state index is 0.0642. The summed E-state index contributed by atoms with van der Waals surface area (Å²) in [6, 6.07) is 4.15. The van der Waals surface area contributed by atoms with E-state index in [4.69, 9.17) is 4.74 Å². The molecule has 194 valence electrons. The first-order valence-electron chi connectivity index (χ1n) is 12.8. The number of carbonyl (C=O) groups excluding carboxylic acids is 2. The molecule has 3 aliphatic rings. The number of methoxy groups -OCH3 is 1. The summed E-state index contributed by atoms with van der Waals surface area (Å²) in [6.07, 6.45) is 8.73. The molecule has 3 amide bonds. The summed E-state index contributed by atoms with van der Waals surface area (Å²) < 4.78 is 33.1. The highest BCUT2D eigenvalue weighted by molar-refractivity contribution is 7.89. The Kier molecular flexibility index (Phi) is 8.21. The van der Waals surface area contributed by atoms with Gasteiger partial charge in [-0.3, -0.25) is 4.79 Å². The minimum Gasteiger partial charge on any atom is -0.495 e. The summed E-state index contributed by atoms with van der Waals surface area (Å²) in [5.74, 6) is 1.89. The Morgan fingerprint density at radius 1 is 1.11 bits per heavy atom. The lowest BCUT2D eigenvalue weighted by atomic mass is 9.84. The molecule has 35 heavy (non-hydrogen) atoms. The molecule has 1 saturated heterocycles. The van der Waals surface area contributed by atoms with E-state index in [0.717, 1.165) is 31.6 Å². The molecule has 2 aliphatic carbocycles. The van der Waals surface area contributed by atoms with Crippen molar-refractivity contribution in [3.05, 3.63) is 18.2 Å². The second-order valence-corrected chi connectivity index (χ2v) is 12.1. The summed E-state index contributed by atoms with van der Waals surface area (Å²) in [5, 5.41) is 8.28. The van der Waals surface area contributed by atoms with E-state index < -0.39 is 15.9 Å². The van der Waals surface area contributed by atoms with Crippen LogP contribution < -0.4 is 20.7 Å². The number of amides is 3. The molecule has 1 aliphatic heterocycles. The maximum absolute atomic E-state index is 13.2. The van der Waals surface area contributed by atoms with Crippen LogP contribution in [0.3, 0.4) is 0 Å². The summed E-state index contributed by atoms with van der Waals surface area (Å²) in [5.41, 5.74) is 0.256. The van der Waals surface area contributed by atoms with Gasteiger partial charge in [0.15, 0.2) is 0 Å². The van der Waals surface area contributed by atoms with E-state index in [-0.39, 0.29) is 29.2 Å². The summed E-state index contributed by atoms with van der Waals surface area (Å²) in [6.45, 7) is 2.79. The highest BCUT2D eigenvalue weighted by Gasteiger charge is 2.42. The SMILES string of the molecule is COc1ccc(S(=O)(=O)N2CCCCCC2)cc1NC(=O)CNC(=O)N[C@H](C)[C@H]1C[C@H]2CC[C@H]1C2. The van der Waals surface area contributed by atoms with Crippen LogP contribution in [-0.4, -0.2) is 57.4 Å². The van der Waals surface area contributed by atoms with Crippen molar-refractivity contribution in [2.24, 2.45) is 17.8 Å². The van der Waals surface area contributed by atoms with E-state index in [1.54, 1.807) is 0 Å². The van der Waals surface area contributed by atoms with Crippen LogP contribution in [0.4, 0.5) is 10.5 Å². The monoisotopic (exact) mass is 506 g/mol. The van der Waals surface area contributed by atoms with Crippen molar-refractivity contribution in [3.8, 4) is 5.75 Å². The standard InChI is InChI=1S/C25H38N4O5S/c1-17(21-14-18-7-8-19(21)13-18)27-25(31)26-16-24(30)28-22-15-20(9-10-23(22)34-2)35(32,33)29-11-5-3-4-6-12-29/h9-10,15,17-19,21H,3-8,11-14,16H2,1-2H3,(H,28,30)(H2,26,27,31)/t17-,18+,19+,21-/m1/s1. The average Bonchev–Trinajstić information content (AvgIpc) is 3.37. The third-order valence-corrected chi connectivity index (χ3v) is 9.75. The second kappa shape index (κ2) is 11.2. The van der Waals surface area contributed by atoms with E-state index in [9.17, 15) is 18.0 Å². The Balaban J connectivity index is 1.33. The number of nitrogens with one attached hydrogen (secondary N) is 3. The summed E-state index contributed by atoms with van der Waals surface area (Å²) in [4.78, 5) is 25.1. The van der Waals surface area contributed by atoms with Gasteiger partial charge in [0.1, 0.15) is 5.75 Å². The number of urea groups is 1. The Morgan fingerprint density at radius 2 is 1.86 bits per heavy atom. The number of nitrogens with zero attached hydrogens (tertiary/aromatic N) is 1. The van der Waals surface area contributed by atoms with Gasteiger partial charge in [0, 0.05) is 19.1 Å². The molecule has 9 nitrogen and oxygen atoms in total. The quantitative estimate of drug-likeness (QED) is 0.500. The van der Waals surface area contributed by atoms with E-state index in [1.807, 2.05) is 6.92 Å². The van der Waals surface area contributed by atoms with Gasteiger partial charge in [-0.2, -0.15) is 4.31 Å². The fourth-order valence-electron chi connectivity index (χ4n) is 6.00. The third kappa shape index (κ3) is 6.09. The number of fused-ring (bicyclic) bond motifs is 2. The number of hydrogen-bond acceptors (Lipinski definition) is 5. The lowest BCUT2D eigenvalue weighted by Crippen LogP contribution is -2.47. The molecule has 1 heterocycles. The van der Waals surface area contributed by atoms with Gasteiger partial charge >= 0.3 is 6.03 Å². The largest absolute Gasteiger partial charge is 0.495 e. The molecule has 0 radical (unpaired) electrons. The molecule has 3 N–H and O–H groups in total. The van der Waals surface area contributed by atoms with Crippen LogP contribution in [0.5, 0.6) is 5.75 Å². The van der Waals surface area contributed by atoms with Gasteiger partial charge in [-0.15, -0.1) is 0 Å². The first kappa shape index (κ1) is 25.8. The number of benzene rings is 1. The van der Waals surface area contributed by atoms with Crippen LogP contribution in [0, 0.1) is 17.8 Å². The van der Waals surface area contributed by atoms with Crippen LogP contribution in [0.1, 0.15) is 58.3 Å². The van der Waals surface area contributed by atoms with E-state index in [0.29, 0.717) is 30.7 Å². The molecule has 4 rings (SSSR count). The van der Waals surface area contributed by atoms with Crippen molar-refractivity contribution < 1.29 is 22.7 Å². The molecule has 0 unspecified atom stereocenters. The zero-order valence-electron chi connectivity index (χ0n) is 20.7. The van der Waals surface area contributed by atoms with Crippen LogP contribution in [0.25, 0.3) is 0 Å². The fraction of sp³-hybridized carbons (Fsp3) is 0.680. The predicted octanol–water partition coefficient (Wildman–Crippen LogP) is 3.32. The Bertz CT molecular complexity index is 1020. The molecule has 1 aromatic rings. The van der Waals surface area contributed by atoms with Crippen molar-refractivity contribution >= 4 is 27.6 Å². The van der Waals surface area contributed by atoms with Crippen LogP contribution in [0.15, 0.2) is 23.1 Å². The lowest BCUT2D eigenvalue weighted by molar-refractivity contribution is -0.115. The minimum atomic E-state index is -3.67. The van der Waals surface area contributed by atoms with Gasteiger partial charge in [0.2, 0.25) is 15.9 Å². The summed E-state index contributed by atoms with van der Waals surface area (Å²) in [7, 11) is -2.22. The van der Waals surface area contributed by atoms with Gasteiger partial charge in [-0.1, -0.05) is 19.3 Å². The number of hydrogen-bond donors (Lipinski definition) is 3. The van der Waals surface area contributed by atoms with Gasteiger partial charge < -0.3 is 20.7 Å². The smallest absolute Gasteiger partial charge is 0.315 e. The Hall–Kier alpha value is -2.33. The van der Waals surface area contributed by atoms with Crippen LogP contribution in [-0.2, 0) is 14.8 Å². The van der Waals surface area contributed by atoms with Crippen molar-refractivity contribution in [2.75, 3.05) is 32.1 Å². The molecule has 10 heteroatoms. The molecular formula is C25H38N4O5S. The first-order chi connectivity index (χ1) is 16.8. The van der Waals surface area contributed by atoms with E-state index >= 15 is 0 Å². The van der Waals surface area contributed by atoms with Crippen molar-refractivity contribution in [3.63, 3.8) is 0 Å². The maximum Gasteiger partial charge on any atom is 0.315 e. The maximum atomic E-state index is 13.2. The van der Waals surface area contributed by atoms with Crippen molar-refractivity contribution in [1.29, 1.82) is 0 Å². The van der Waals surface area contributed by atoms with Gasteiger partial charge in [-0.25, -0.2) is 13.2 Å². The number of rotatable bonds is 8. The molecule has 2 bridgehead atoms. The molecule has 2 saturated carbocycles. The van der Waals surface area contributed by atoms with Crippen LogP contribution >= 0.6 is 0 Å². The van der Waals surface area contributed by atoms with E-state index in [1.165, 1.54) is 55.3 Å². The summed E-state index contributed by atoms with van der Waals surface area (Å²) >= 11 is 0. The van der Waals surface area contributed by atoms with Crippen molar-refractivity contribution in [1.82, 2.24) is 14.9 Å². The van der Waals surface area contributed by atoms with Gasteiger partial charge in [0.05, 0.1) is 24.2 Å². The van der Waals surface area contributed by atoms with Crippen molar-refractivity contribution in [2.45, 2.75) is 69.2 Å². The third-order valence-electron chi connectivity index (χ3n) is 7.85. The fourth-order valence-corrected chi connectivity index (χ4v) is 7.55. The molecule has 0 aromatic heterocycles. The highest BCUT2D eigenvalue weighted by Crippen LogP contribution is 2.49. The molecular weight excluding hydrogens is 468 g/mol. The molecule has 3 fully saturated rings. The topological polar surface area (TPSA) is 117 Å². The zero-order chi connectivity index (χ0) is 25.0. The lowest BCUT2D eigenvalue weighted by Gasteiger charge is -2.28. The zero-order valence-corrected chi connectivity index (χ0v) is 21.5. The number of ether oxygens (including phenoxy) is 1. The van der Waals surface area contributed by atoms with Gasteiger partial charge in [-0.05, 0) is 75.0 Å². The molecule has 4 atom stereocenters. The molecule has 0 spiro atoms. The highest BCUT2D eigenvalue weighted by atomic mass is 32.2. The van der Waals surface area contributed by atoms with Crippen LogP contribution in [0.2, 0.25) is 0 Å². The average molecular weight is 507 g/mol. The first-order valence-corrected chi connectivity index (χ1v) is 14.2. The normalized spacial score (nSPS) is 25.5. The predicted molar refractivity (Wildman–Crippen MR) is 134 cm³/mol. The van der Waals surface area contributed by atoms with Gasteiger partial charge in [0.25, 0.3) is 0 Å². The second-order valence-electron chi connectivity index (χ2n) is 10.2. The number of sulfonamides is 1. The number of carbonyl (C=O) groups is 2. The van der Waals surface area contributed by atoms with E-state index in [2.05, 4.69) is 16.0 Å². The molecule has 1 aromatic carbocycles. The Morgan fingerprint density at radius 3 is 2.49 bits per heavy atom. The Labute approximate surface area is 208 Å².